The number of aliphatic hydroxyl groups is 1. The average molecular weight is 355 g/mol. The van der Waals surface area contributed by atoms with E-state index in [0.29, 0.717) is 5.02 Å². The lowest BCUT2D eigenvalue weighted by molar-refractivity contribution is 0.0987. The van der Waals surface area contributed by atoms with Gasteiger partial charge in [-0.3, -0.25) is 0 Å². The molecule has 1 atom stereocenters. The molecule has 20 heavy (non-hydrogen) atoms. The minimum atomic E-state index is -0.374. The highest BCUT2D eigenvalue weighted by Crippen LogP contribution is 2.42. The van der Waals surface area contributed by atoms with Crippen molar-refractivity contribution in [2.24, 2.45) is 5.41 Å². The molecule has 0 saturated heterocycles. The molecule has 1 heterocycles. The molecule has 1 aromatic heterocycles. The van der Waals surface area contributed by atoms with Crippen LogP contribution in [0.2, 0.25) is 5.02 Å². The van der Waals surface area contributed by atoms with Crippen LogP contribution in [0.15, 0.2) is 34.9 Å². The SMILES string of the molecule is CC1(C)Cc2c(ccn2-c2ccc(Br)c(Cl)c2)C(O)C1. The van der Waals surface area contributed by atoms with E-state index in [1.54, 1.807) is 0 Å². The first-order valence-corrected chi connectivity index (χ1v) is 7.88. The van der Waals surface area contributed by atoms with E-state index >= 15 is 0 Å². The number of rotatable bonds is 1. The number of fused-ring (bicyclic) bond motifs is 1. The number of nitrogens with zero attached hydrogens (tertiary/aromatic N) is 1. The number of aliphatic hydroxyl groups excluding tert-OH is 1. The van der Waals surface area contributed by atoms with Crippen molar-refractivity contribution in [2.45, 2.75) is 32.8 Å². The molecule has 1 aliphatic carbocycles. The van der Waals surface area contributed by atoms with Crippen LogP contribution in [0.25, 0.3) is 5.69 Å². The monoisotopic (exact) mass is 353 g/mol. The van der Waals surface area contributed by atoms with Gasteiger partial charge in [-0.1, -0.05) is 25.4 Å². The highest BCUT2D eigenvalue weighted by atomic mass is 79.9. The summed E-state index contributed by atoms with van der Waals surface area (Å²) in [6.07, 6.45) is 3.42. The molecule has 1 aliphatic rings. The third-order valence-corrected chi connectivity index (χ3v) is 5.19. The highest BCUT2D eigenvalue weighted by molar-refractivity contribution is 9.10. The van der Waals surface area contributed by atoms with Crippen molar-refractivity contribution in [1.82, 2.24) is 4.57 Å². The maximum absolute atomic E-state index is 10.3. The Morgan fingerprint density at radius 1 is 1.35 bits per heavy atom. The van der Waals surface area contributed by atoms with Crippen LogP contribution in [0.1, 0.15) is 37.6 Å². The molecule has 0 fully saturated rings. The van der Waals surface area contributed by atoms with E-state index in [0.717, 1.165) is 28.6 Å². The minimum Gasteiger partial charge on any atom is -0.388 e. The van der Waals surface area contributed by atoms with Crippen molar-refractivity contribution < 1.29 is 5.11 Å². The molecular formula is C16H17BrClNO. The van der Waals surface area contributed by atoms with E-state index in [2.05, 4.69) is 34.3 Å². The Hall–Kier alpha value is -0.770. The molecule has 1 N–H and O–H groups in total. The Labute approximate surface area is 132 Å². The minimum absolute atomic E-state index is 0.113. The lowest BCUT2D eigenvalue weighted by atomic mass is 9.75. The highest BCUT2D eigenvalue weighted by Gasteiger charge is 2.33. The molecule has 1 unspecified atom stereocenters. The molecule has 1 aromatic carbocycles. The fourth-order valence-electron chi connectivity index (χ4n) is 3.01. The second-order valence-corrected chi connectivity index (χ2v) is 7.51. The zero-order valence-electron chi connectivity index (χ0n) is 11.5. The van der Waals surface area contributed by atoms with Crippen molar-refractivity contribution in [2.75, 3.05) is 0 Å². The summed E-state index contributed by atoms with van der Waals surface area (Å²) in [5.41, 5.74) is 3.38. The summed E-state index contributed by atoms with van der Waals surface area (Å²) in [6, 6.07) is 7.95. The quantitative estimate of drug-likeness (QED) is 0.774. The van der Waals surface area contributed by atoms with Crippen LogP contribution in [0.4, 0.5) is 0 Å². The van der Waals surface area contributed by atoms with Gasteiger partial charge in [0.05, 0.1) is 11.1 Å². The standard InChI is InChI=1S/C16H17BrClNO/c1-16(2)8-14-11(15(20)9-16)5-6-19(14)10-3-4-12(17)13(18)7-10/h3-7,15,20H,8-9H2,1-2H3. The first-order valence-electron chi connectivity index (χ1n) is 6.71. The van der Waals surface area contributed by atoms with E-state index in [1.165, 1.54) is 5.69 Å². The predicted molar refractivity (Wildman–Crippen MR) is 85.5 cm³/mol. The normalized spacial score (nSPS) is 20.8. The zero-order valence-corrected chi connectivity index (χ0v) is 13.9. The van der Waals surface area contributed by atoms with Gasteiger partial charge >= 0.3 is 0 Å². The second-order valence-electron chi connectivity index (χ2n) is 6.25. The van der Waals surface area contributed by atoms with Gasteiger partial charge in [-0.05, 0) is 58.5 Å². The lowest BCUT2D eigenvalue weighted by Gasteiger charge is -2.34. The Kier molecular flexibility index (Phi) is 3.47. The fraction of sp³-hybridized carbons (Fsp3) is 0.375. The number of hydrogen-bond donors (Lipinski definition) is 1. The summed E-state index contributed by atoms with van der Waals surface area (Å²) < 4.78 is 3.03. The van der Waals surface area contributed by atoms with E-state index < -0.39 is 0 Å². The Balaban J connectivity index is 2.10. The Morgan fingerprint density at radius 2 is 2.10 bits per heavy atom. The molecule has 3 rings (SSSR count). The van der Waals surface area contributed by atoms with Gasteiger partial charge < -0.3 is 9.67 Å². The number of benzene rings is 1. The predicted octanol–water partition coefficient (Wildman–Crippen LogP) is 4.90. The number of hydrogen-bond acceptors (Lipinski definition) is 1. The van der Waals surface area contributed by atoms with Crippen LogP contribution < -0.4 is 0 Å². The van der Waals surface area contributed by atoms with Crippen molar-refractivity contribution in [3.05, 3.63) is 51.2 Å². The van der Waals surface area contributed by atoms with Gasteiger partial charge in [0.25, 0.3) is 0 Å². The maximum atomic E-state index is 10.3. The maximum Gasteiger partial charge on any atom is 0.0812 e. The number of halogens is 2. The van der Waals surface area contributed by atoms with Crippen LogP contribution in [-0.4, -0.2) is 9.67 Å². The molecular weight excluding hydrogens is 338 g/mol. The first-order chi connectivity index (χ1) is 9.37. The number of aromatic nitrogens is 1. The summed E-state index contributed by atoms with van der Waals surface area (Å²) in [6.45, 7) is 4.40. The van der Waals surface area contributed by atoms with Gasteiger partial charge in [0, 0.05) is 27.6 Å². The van der Waals surface area contributed by atoms with E-state index in [9.17, 15) is 5.11 Å². The van der Waals surface area contributed by atoms with Gasteiger partial charge in [0.15, 0.2) is 0 Å². The fourth-order valence-corrected chi connectivity index (χ4v) is 3.43. The van der Waals surface area contributed by atoms with Crippen molar-refractivity contribution in [3.63, 3.8) is 0 Å². The summed E-state index contributed by atoms with van der Waals surface area (Å²) in [7, 11) is 0. The third kappa shape index (κ3) is 2.43. The van der Waals surface area contributed by atoms with Gasteiger partial charge in [0.1, 0.15) is 0 Å². The van der Waals surface area contributed by atoms with Gasteiger partial charge in [0.2, 0.25) is 0 Å². The summed E-state index contributed by atoms with van der Waals surface area (Å²) >= 11 is 9.60. The van der Waals surface area contributed by atoms with E-state index in [4.69, 9.17) is 11.6 Å². The molecule has 4 heteroatoms. The molecule has 0 saturated carbocycles. The molecule has 2 nitrogen and oxygen atoms in total. The molecule has 0 spiro atoms. The van der Waals surface area contributed by atoms with Gasteiger partial charge in [-0.25, -0.2) is 0 Å². The zero-order chi connectivity index (χ0) is 14.5. The first kappa shape index (κ1) is 14.2. The second kappa shape index (κ2) is 4.90. The van der Waals surface area contributed by atoms with Crippen LogP contribution >= 0.6 is 27.5 Å². The van der Waals surface area contributed by atoms with E-state index in [1.807, 2.05) is 30.5 Å². The van der Waals surface area contributed by atoms with Crippen LogP contribution in [0.5, 0.6) is 0 Å². The smallest absolute Gasteiger partial charge is 0.0812 e. The van der Waals surface area contributed by atoms with E-state index in [-0.39, 0.29) is 11.5 Å². The largest absolute Gasteiger partial charge is 0.388 e. The average Bonchev–Trinajstić information content (AvgIpc) is 2.75. The molecule has 2 aromatic rings. The van der Waals surface area contributed by atoms with Crippen LogP contribution in [0, 0.1) is 5.41 Å². The van der Waals surface area contributed by atoms with Crippen LogP contribution in [-0.2, 0) is 6.42 Å². The molecule has 0 amide bonds. The summed E-state index contributed by atoms with van der Waals surface area (Å²) in [4.78, 5) is 0. The van der Waals surface area contributed by atoms with Crippen molar-refractivity contribution >= 4 is 27.5 Å². The molecule has 0 aliphatic heterocycles. The summed E-state index contributed by atoms with van der Waals surface area (Å²) in [5, 5.41) is 11.0. The molecule has 0 radical (unpaired) electrons. The van der Waals surface area contributed by atoms with Crippen LogP contribution in [0.3, 0.4) is 0 Å². The molecule has 0 bridgehead atoms. The summed E-state index contributed by atoms with van der Waals surface area (Å²) in [5.74, 6) is 0. The molecule has 106 valence electrons. The van der Waals surface area contributed by atoms with Gasteiger partial charge in [-0.15, -0.1) is 0 Å². The Bertz CT molecular complexity index is 662. The lowest BCUT2D eigenvalue weighted by Crippen LogP contribution is -2.26. The Morgan fingerprint density at radius 3 is 2.80 bits per heavy atom. The van der Waals surface area contributed by atoms with Crippen molar-refractivity contribution in [1.29, 1.82) is 0 Å². The third-order valence-electron chi connectivity index (χ3n) is 3.96. The van der Waals surface area contributed by atoms with Crippen molar-refractivity contribution in [3.8, 4) is 5.69 Å². The topological polar surface area (TPSA) is 25.2 Å². The van der Waals surface area contributed by atoms with Gasteiger partial charge in [-0.2, -0.15) is 0 Å².